The van der Waals surface area contributed by atoms with Crippen molar-refractivity contribution in [2.75, 3.05) is 13.2 Å². The van der Waals surface area contributed by atoms with E-state index in [4.69, 9.17) is 30.2 Å². The first-order valence-electron chi connectivity index (χ1n) is 7.11. The molecule has 2 fully saturated rings. The summed E-state index contributed by atoms with van der Waals surface area (Å²) in [7, 11) is 0. The van der Waals surface area contributed by atoms with Crippen LogP contribution in [0.2, 0.25) is 0 Å². The SMILES string of the molecule is [Ac].[NH-]C1C(O)OC(CO)[C@H](O)C1O[C@@H]1OC(CO)[C@H](O)C(O)C1O. The van der Waals surface area contributed by atoms with Gasteiger partial charge in [-0.3, -0.25) is 0 Å². The molecular weight excluding hydrogens is 545 g/mol. The van der Waals surface area contributed by atoms with E-state index in [1.54, 1.807) is 0 Å². The number of aliphatic hydroxyl groups is 7. The zero-order valence-electron chi connectivity index (χ0n) is 12.6. The molecule has 2 heterocycles. The fourth-order valence-electron chi connectivity index (χ4n) is 2.58. The molecule has 0 bridgehead atoms. The van der Waals surface area contributed by atoms with Crippen LogP contribution in [0.1, 0.15) is 0 Å². The van der Waals surface area contributed by atoms with E-state index in [-0.39, 0.29) is 44.1 Å². The molecule has 10 atom stereocenters. The quantitative estimate of drug-likeness (QED) is 0.175. The first kappa shape index (κ1) is 23.0. The molecule has 8 N–H and O–H groups in total. The largest absolute Gasteiger partial charge is 0.668 e. The van der Waals surface area contributed by atoms with Crippen molar-refractivity contribution in [2.24, 2.45) is 0 Å². The van der Waals surface area contributed by atoms with Gasteiger partial charge < -0.3 is 55.7 Å². The standard InChI is InChI=1S/C12H22NO10.Ac/c13-5-10(7(17)4(2-15)21-11(5)20)23-12-9(19)8(18)6(16)3(1-14)22-12;/h3-20H,1-2H2;/q-1;/t3?,4?,5?,6-,7-,8?,9?,10?,11?,12-;/m0./s1. The van der Waals surface area contributed by atoms with Crippen LogP contribution < -0.4 is 0 Å². The Balaban J connectivity index is 0.00000288. The van der Waals surface area contributed by atoms with Crippen molar-refractivity contribution in [3.8, 4) is 0 Å². The predicted molar refractivity (Wildman–Crippen MR) is 70.7 cm³/mol. The van der Waals surface area contributed by atoms with Crippen molar-refractivity contribution in [1.82, 2.24) is 0 Å². The van der Waals surface area contributed by atoms with E-state index >= 15 is 0 Å². The summed E-state index contributed by atoms with van der Waals surface area (Å²) in [4.78, 5) is 0. The molecule has 11 nitrogen and oxygen atoms in total. The second-order valence-corrected chi connectivity index (χ2v) is 5.56. The normalized spacial score (nSPS) is 49.5. The topological polar surface area (TPSA) is 193 Å². The third kappa shape index (κ3) is 4.64. The van der Waals surface area contributed by atoms with Gasteiger partial charge in [0.2, 0.25) is 0 Å². The van der Waals surface area contributed by atoms with Crippen molar-refractivity contribution < 1.29 is 94.0 Å². The van der Waals surface area contributed by atoms with Gasteiger partial charge in [0.15, 0.2) is 6.29 Å². The molecular formula is C12H22AcNO10-. The van der Waals surface area contributed by atoms with Crippen LogP contribution in [0.4, 0.5) is 0 Å². The zero-order chi connectivity index (χ0) is 17.3. The molecule has 0 aromatic rings. The molecule has 2 aliphatic heterocycles. The Kier molecular flexibility index (Phi) is 9.41. The summed E-state index contributed by atoms with van der Waals surface area (Å²) in [6.45, 7) is -1.30. The van der Waals surface area contributed by atoms with E-state index in [0.717, 1.165) is 0 Å². The molecule has 24 heavy (non-hydrogen) atoms. The molecule has 2 saturated heterocycles. The minimum atomic E-state index is -1.71. The molecule has 0 aromatic carbocycles. The van der Waals surface area contributed by atoms with Crippen LogP contribution in [0, 0.1) is 44.1 Å². The van der Waals surface area contributed by atoms with Crippen LogP contribution >= 0.6 is 0 Å². The molecule has 12 heteroatoms. The fourth-order valence-corrected chi connectivity index (χ4v) is 2.58. The average molecular weight is 567 g/mol. The summed E-state index contributed by atoms with van der Waals surface area (Å²) >= 11 is 0. The summed E-state index contributed by atoms with van der Waals surface area (Å²) in [6.07, 6.45) is -13.5. The van der Waals surface area contributed by atoms with Crippen molar-refractivity contribution in [2.45, 2.75) is 61.3 Å². The average Bonchev–Trinajstić information content (AvgIpc) is 2.54. The molecule has 0 spiro atoms. The van der Waals surface area contributed by atoms with Gasteiger partial charge in [-0.25, -0.2) is 0 Å². The van der Waals surface area contributed by atoms with Crippen LogP contribution in [0.25, 0.3) is 5.73 Å². The minimum absolute atomic E-state index is 0. The van der Waals surface area contributed by atoms with Crippen molar-refractivity contribution in [3.05, 3.63) is 5.73 Å². The molecule has 1 radical (unpaired) electrons. The Bertz CT molecular complexity index is 391. The second-order valence-electron chi connectivity index (χ2n) is 5.56. The van der Waals surface area contributed by atoms with E-state index in [2.05, 4.69) is 0 Å². The Morgan fingerprint density at radius 1 is 0.792 bits per heavy atom. The maximum absolute atomic E-state index is 10.0. The van der Waals surface area contributed by atoms with Gasteiger partial charge in [0.1, 0.15) is 42.9 Å². The van der Waals surface area contributed by atoms with Crippen LogP contribution in [-0.4, -0.2) is 110 Å². The Hall–Kier alpha value is 1.00. The van der Waals surface area contributed by atoms with Crippen molar-refractivity contribution >= 4 is 0 Å². The Labute approximate surface area is 173 Å². The van der Waals surface area contributed by atoms with Gasteiger partial charge in [0.25, 0.3) is 0 Å². The number of aliphatic hydroxyl groups excluding tert-OH is 7. The maximum Gasteiger partial charge on any atom is 0.187 e. The number of hydrogen-bond acceptors (Lipinski definition) is 10. The van der Waals surface area contributed by atoms with Gasteiger partial charge in [-0.2, -0.15) is 0 Å². The smallest absolute Gasteiger partial charge is 0.187 e. The monoisotopic (exact) mass is 567 g/mol. The molecule has 0 aliphatic carbocycles. The van der Waals surface area contributed by atoms with E-state index < -0.39 is 74.6 Å². The third-order valence-electron chi connectivity index (χ3n) is 4.01. The summed E-state index contributed by atoms with van der Waals surface area (Å²) in [5.74, 6) is 0. The predicted octanol–water partition coefficient (Wildman–Crippen LogP) is -4.34. The minimum Gasteiger partial charge on any atom is -0.668 e. The summed E-state index contributed by atoms with van der Waals surface area (Å²) in [5, 5.41) is 67.1. The van der Waals surface area contributed by atoms with Crippen LogP contribution in [0.5, 0.6) is 0 Å². The number of hydrogen-bond donors (Lipinski definition) is 7. The van der Waals surface area contributed by atoms with Gasteiger partial charge in [-0.05, 0) is 0 Å². The number of nitrogens with one attached hydrogen (secondary N) is 1. The Morgan fingerprint density at radius 3 is 1.88 bits per heavy atom. The van der Waals surface area contributed by atoms with Crippen molar-refractivity contribution in [3.63, 3.8) is 0 Å². The van der Waals surface area contributed by atoms with E-state index in [1.807, 2.05) is 0 Å². The third-order valence-corrected chi connectivity index (χ3v) is 4.01. The Morgan fingerprint density at radius 2 is 1.33 bits per heavy atom. The van der Waals surface area contributed by atoms with E-state index in [1.165, 1.54) is 0 Å². The maximum atomic E-state index is 10.0. The molecule has 0 aromatic heterocycles. The second kappa shape index (κ2) is 9.80. The van der Waals surface area contributed by atoms with Gasteiger partial charge in [0, 0.05) is 44.1 Å². The fraction of sp³-hybridized carbons (Fsp3) is 1.00. The molecule has 0 amide bonds. The molecule has 7 unspecified atom stereocenters. The first-order chi connectivity index (χ1) is 10.8. The summed E-state index contributed by atoms with van der Waals surface area (Å²) in [6, 6.07) is -1.47. The van der Waals surface area contributed by atoms with E-state index in [9.17, 15) is 25.5 Å². The van der Waals surface area contributed by atoms with Gasteiger partial charge >= 0.3 is 0 Å². The molecule has 2 rings (SSSR count). The van der Waals surface area contributed by atoms with Gasteiger partial charge in [0.05, 0.1) is 19.3 Å². The van der Waals surface area contributed by atoms with Gasteiger partial charge in [-0.15, -0.1) is 0 Å². The van der Waals surface area contributed by atoms with Crippen LogP contribution in [-0.2, 0) is 14.2 Å². The summed E-state index contributed by atoms with van der Waals surface area (Å²) < 4.78 is 15.2. The van der Waals surface area contributed by atoms with Gasteiger partial charge in [-0.1, -0.05) is 6.04 Å². The molecule has 2 aliphatic rings. The molecule has 139 valence electrons. The van der Waals surface area contributed by atoms with Crippen LogP contribution in [0.15, 0.2) is 0 Å². The number of rotatable bonds is 4. The van der Waals surface area contributed by atoms with E-state index in [0.29, 0.717) is 0 Å². The summed E-state index contributed by atoms with van der Waals surface area (Å²) in [5.41, 5.74) is 7.76. The van der Waals surface area contributed by atoms with Crippen LogP contribution in [0.3, 0.4) is 0 Å². The zero-order valence-corrected chi connectivity index (χ0v) is 17.4. The first-order valence-corrected chi connectivity index (χ1v) is 7.11. The van der Waals surface area contributed by atoms with Crippen molar-refractivity contribution in [1.29, 1.82) is 0 Å². The number of ether oxygens (including phenoxy) is 3. The molecule has 0 saturated carbocycles.